The van der Waals surface area contributed by atoms with Crippen LogP contribution in [0.15, 0.2) is 22.7 Å². The van der Waals surface area contributed by atoms with E-state index in [4.69, 9.17) is 4.74 Å². The van der Waals surface area contributed by atoms with E-state index in [0.29, 0.717) is 6.04 Å². The molecule has 3 heteroatoms. The fourth-order valence-corrected chi connectivity index (χ4v) is 2.98. The Bertz CT molecular complexity index is 361. The van der Waals surface area contributed by atoms with Gasteiger partial charge in [0, 0.05) is 12.6 Å². The van der Waals surface area contributed by atoms with Crippen LogP contribution in [0.1, 0.15) is 37.7 Å². The van der Waals surface area contributed by atoms with E-state index < -0.39 is 0 Å². The molecule has 0 saturated heterocycles. The molecule has 1 saturated carbocycles. The number of hydrogen-bond acceptors (Lipinski definition) is 2. The Morgan fingerprint density at radius 1 is 1.29 bits per heavy atom. The van der Waals surface area contributed by atoms with Gasteiger partial charge in [-0.15, -0.1) is 0 Å². The Morgan fingerprint density at radius 3 is 2.71 bits per heavy atom. The van der Waals surface area contributed by atoms with Gasteiger partial charge in [0.15, 0.2) is 0 Å². The van der Waals surface area contributed by atoms with E-state index in [0.717, 1.165) is 16.8 Å². The molecule has 1 aliphatic carbocycles. The Kier molecular flexibility index (Phi) is 4.86. The van der Waals surface area contributed by atoms with E-state index >= 15 is 0 Å². The van der Waals surface area contributed by atoms with Crippen LogP contribution < -0.4 is 10.1 Å². The highest BCUT2D eigenvalue weighted by molar-refractivity contribution is 9.10. The number of hydrogen-bond donors (Lipinski definition) is 1. The first-order valence-corrected chi connectivity index (χ1v) is 7.14. The van der Waals surface area contributed by atoms with Crippen LogP contribution in [0.5, 0.6) is 5.75 Å². The van der Waals surface area contributed by atoms with Crippen molar-refractivity contribution in [3.63, 3.8) is 0 Å². The quantitative estimate of drug-likeness (QED) is 0.911. The van der Waals surface area contributed by atoms with Crippen molar-refractivity contribution in [1.29, 1.82) is 0 Å². The lowest BCUT2D eigenvalue weighted by molar-refractivity contribution is 0.372. The highest BCUT2D eigenvalue weighted by Gasteiger charge is 2.12. The Morgan fingerprint density at radius 2 is 2.06 bits per heavy atom. The van der Waals surface area contributed by atoms with Gasteiger partial charge in [-0.1, -0.05) is 25.3 Å². The summed E-state index contributed by atoms with van der Waals surface area (Å²) in [5, 5.41) is 3.64. The summed E-state index contributed by atoms with van der Waals surface area (Å²) in [6.07, 6.45) is 6.83. The zero-order chi connectivity index (χ0) is 12.1. The minimum absolute atomic E-state index is 0.713. The molecular weight excluding hydrogens is 278 g/mol. The summed E-state index contributed by atoms with van der Waals surface area (Å²) in [5.41, 5.74) is 1.31. The largest absolute Gasteiger partial charge is 0.496 e. The number of benzene rings is 1. The molecule has 0 bridgehead atoms. The first-order valence-electron chi connectivity index (χ1n) is 6.35. The van der Waals surface area contributed by atoms with Gasteiger partial charge in [0.25, 0.3) is 0 Å². The lowest BCUT2D eigenvalue weighted by Crippen LogP contribution is -2.30. The van der Waals surface area contributed by atoms with Crippen LogP contribution in [0.2, 0.25) is 0 Å². The van der Waals surface area contributed by atoms with Gasteiger partial charge in [-0.2, -0.15) is 0 Å². The minimum atomic E-state index is 0.713. The average molecular weight is 298 g/mol. The molecule has 0 aromatic heterocycles. The minimum Gasteiger partial charge on any atom is -0.496 e. The van der Waals surface area contributed by atoms with E-state index in [9.17, 15) is 0 Å². The third kappa shape index (κ3) is 3.71. The molecule has 1 N–H and O–H groups in total. The molecular formula is C14H20BrNO. The second-order valence-corrected chi connectivity index (χ2v) is 5.54. The van der Waals surface area contributed by atoms with E-state index in [1.165, 1.54) is 37.7 Å². The molecule has 17 heavy (non-hydrogen) atoms. The molecule has 0 amide bonds. The molecule has 1 aromatic carbocycles. The van der Waals surface area contributed by atoms with Crippen molar-refractivity contribution >= 4 is 15.9 Å². The van der Waals surface area contributed by atoms with Crippen LogP contribution in [-0.4, -0.2) is 13.2 Å². The molecule has 1 aliphatic rings. The van der Waals surface area contributed by atoms with Gasteiger partial charge in [-0.05, 0) is 46.5 Å². The standard InChI is InChI=1S/C14H20BrNO/c1-17-14-8-7-11(9-13(14)15)10-16-12-5-3-2-4-6-12/h7-9,12,16H,2-6,10H2,1H3. The zero-order valence-corrected chi connectivity index (χ0v) is 11.9. The highest BCUT2D eigenvalue weighted by Crippen LogP contribution is 2.25. The van der Waals surface area contributed by atoms with Gasteiger partial charge in [-0.3, -0.25) is 0 Å². The summed E-state index contributed by atoms with van der Waals surface area (Å²) < 4.78 is 6.26. The molecule has 2 nitrogen and oxygen atoms in total. The predicted molar refractivity (Wildman–Crippen MR) is 74.4 cm³/mol. The maximum absolute atomic E-state index is 5.23. The molecule has 2 rings (SSSR count). The zero-order valence-electron chi connectivity index (χ0n) is 10.3. The summed E-state index contributed by atoms with van der Waals surface area (Å²) in [6.45, 7) is 0.952. The van der Waals surface area contributed by atoms with Crippen molar-refractivity contribution in [3.8, 4) is 5.75 Å². The third-order valence-corrected chi connectivity index (χ3v) is 4.04. The maximum Gasteiger partial charge on any atom is 0.133 e. The number of nitrogens with one attached hydrogen (secondary N) is 1. The number of rotatable bonds is 4. The normalized spacial score (nSPS) is 17.1. The number of methoxy groups -OCH3 is 1. The Balaban J connectivity index is 1.87. The molecule has 0 radical (unpaired) electrons. The summed E-state index contributed by atoms with van der Waals surface area (Å²) >= 11 is 3.52. The summed E-state index contributed by atoms with van der Waals surface area (Å²) in [7, 11) is 1.69. The van der Waals surface area contributed by atoms with Crippen molar-refractivity contribution in [3.05, 3.63) is 28.2 Å². The van der Waals surface area contributed by atoms with E-state index in [2.05, 4.69) is 33.4 Å². The van der Waals surface area contributed by atoms with E-state index in [-0.39, 0.29) is 0 Å². The fourth-order valence-electron chi connectivity index (χ4n) is 2.39. The molecule has 0 atom stereocenters. The van der Waals surface area contributed by atoms with Crippen LogP contribution >= 0.6 is 15.9 Å². The molecule has 1 fully saturated rings. The van der Waals surface area contributed by atoms with Gasteiger partial charge in [0.1, 0.15) is 5.75 Å². The fraction of sp³-hybridized carbons (Fsp3) is 0.571. The lowest BCUT2D eigenvalue weighted by atomic mass is 9.95. The van der Waals surface area contributed by atoms with Crippen LogP contribution in [0.25, 0.3) is 0 Å². The summed E-state index contributed by atoms with van der Waals surface area (Å²) in [4.78, 5) is 0. The predicted octanol–water partition coefficient (Wildman–Crippen LogP) is 3.88. The van der Waals surface area contributed by atoms with Crippen molar-refractivity contribution in [1.82, 2.24) is 5.32 Å². The Hall–Kier alpha value is -0.540. The molecule has 1 aromatic rings. The van der Waals surface area contributed by atoms with Crippen molar-refractivity contribution in [2.45, 2.75) is 44.7 Å². The summed E-state index contributed by atoms with van der Waals surface area (Å²) in [6, 6.07) is 6.99. The molecule has 94 valence electrons. The number of halogens is 1. The lowest BCUT2D eigenvalue weighted by Gasteiger charge is -2.23. The molecule has 0 aliphatic heterocycles. The number of ether oxygens (including phenoxy) is 1. The van der Waals surface area contributed by atoms with Crippen LogP contribution in [0.3, 0.4) is 0 Å². The van der Waals surface area contributed by atoms with Crippen LogP contribution in [0.4, 0.5) is 0 Å². The smallest absolute Gasteiger partial charge is 0.133 e. The first kappa shape index (κ1) is 12.9. The van der Waals surface area contributed by atoms with Gasteiger partial charge < -0.3 is 10.1 Å². The van der Waals surface area contributed by atoms with Crippen molar-refractivity contribution < 1.29 is 4.74 Å². The topological polar surface area (TPSA) is 21.3 Å². The van der Waals surface area contributed by atoms with E-state index in [1.54, 1.807) is 7.11 Å². The maximum atomic E-state index is 5.23. The highest BCUT2D eigenvalue weighted by atomic mass is 79.9. The molecule has 0 spiro atoms. The van der Waals surface area contributed by atoms with E-state index in [1.807, 2.05) is 6.07 Å². The van der Waals surface area contributed by atoms with Gasteiger partial charge in [0.05, 0.1) is 11.6 Å². The third-order valence-electron chi connectivity index (χ3n) is 3.42. The van der Waals surface area contributed by atoms with Crippen molar-refractivity contribution in [2.75, 3.05) is 7.11 Å². The Labute approximate surface area is 112 Å². The van der Waals surface area contributed by atoms with Crippen molar-refractivity contribution in [2.24, 2.45) is 0 Å². The van der Waals surface area contributed by atoms with Gasteiger partial charge in [0.2, 0.25) is 0 Å². The second-order valence-electron chi connectivity index (χ2n) is 4.68. The van der Waals surface area contributed by atoms with Gasteiger partial charge >= 0.3 is 0 Å². The van der Waals surface area contributed by atoms with Crippen LogP contribution in [-0.2, 0) is 6.54 Å². The second kappa shape index (κ2) is 6.41. The molecule has 0 heterocycles. The van der Waals surface area contributed by atoms with Gasteiger partial charge in [-0.25, -0.2) is 0 Å². The first-order chi connectivity index (χ1) is 8.29. The average Bonchev–Trinajstić information content (AvgIpc) is 2.38. The summed E-state index contributed by atoms with van der Waals surface area (Å²) in [5.74, 6) is 0.895. The SMILES string of the molecule is COc1ccc(CNC2CCCCC2)cc1Br. The molecule has 0 unspecified atom stereocenters. The van der Waals surface area contributed by atoms with Crippen LogP contribution in [0, 0.1) is 0 Å². The monoisotopic (exact) mass is 297 g/mol.